The molecule has 0 bridgehead atoms. The lowest BCUT2D eigenvalue weighted by molar-refractivity contribution is -0.142. The highest BCUT2D eigenvalue weighted by atomic mass is 32.1. The number of carboxylic acids is 2. The molecule has 0 radical (unpaired) electrons. The number of carbonyl (C=O) groups excluding carboxylic acids is 17. The predicted octanol–water partition coefficient (Wildman–Crippen LogP) is -11.4. The molecule has 0 aliphatic carbocycles. The Bertz CT molecular complexity index is 3640. The number of imidazole rings is 1. The highest BCUT2D eigenvalue weighted by molar-refractivity contribution is 7.80. The fourth-order valence-electron chi connectivity index (χ4n) is 10.4. The third kappa shape index (κ3) is 40.6. The summed E-state index contributed by atoms with van der Waals surface area (Å²) in [4.78, 5) is 266. The first kappa shape index (κ1) is 102. The van der Waals surface area contributed by atoms with Crippen molar-refractivity contribution in [1.29, 1.82) is 0 Å². The van der Waals surface area contributed by atoms with Crippen LogP contribution < -0.4 is 120 Å². The van der Waals surface area contributed by atoms with E-state index in [2.05, 4.69) is 107 Å². The number of aliphatic imine (C=N–C) groups is 2. The van der Waals surface area contributed by atoms with Crippen LogP contribution in [0.2, 0.25) is 0 Å². The minimum atomic E-state index is -1.87. The van der Waals surface area contributed by atoms with Gasteiger partial charge < -0.3 is 141 Å². The van der Waals surface area contributed by atoms with Crippen molar-refractivity contribution < 1.29 is 106 Å². The lowest BCUT2D eigenvalue weighted by atomic mass is 10.0. The van der Waals surface area contributed by atoms with Crippen LogP contribution in [0.5, 0.6) is 0 Å². The molecule has 15 atom stereocenters. The van der Waals surface area contributed by atoms with Crippen LogP contribution in [0.4, 0.5) is 0 Å². The van der Waals surface area contributed by atoms with Gasteiger partial charge in [0, 0.05) is 56.4 Å². The summed E-state index contributed by atoms with van der Waals surface area (Å²) in [6.07, 6.45) is -1.91. The lowest BCUT2D eigenvalue weighted by Crippen LogP contribution is -2.61. The smallest absolute Gasteiger partial charge is 0.326 e. The zero-order valence-electron chi connectivity index (χ0n) is 65.7. The molecule has 1 heterocycles. The van der Waals surface area contributed by atoms with Gasteiger partial charge in [-0.3, -0.25) is 96.3 Å². The monoisotopic (exact) mass is 1670 g/mol. The molecule has 0 aliphatic heterocycles. The quantitative estimate of drug-likeness (QED) is 0.0125. The van der Waals surface area contributed by atoms with Crippen molar-refractivity contribution in [2.24, 2.45) is 67.7 Å². The third-order valence-electron chi connectivity index (χ3n) is 16.7. The first-order chi connectivity index (χ1) is 54.2. The highest BCUT2D eigenvalue weighted by Gasteiger charge is 2.38. The molecular formula is C67H114N26O22S. The number of hydrogen-bond donors (Lipinski definition) is 27. The maximum Gasteiger partial charge on any atom is 0.326 e. The number of thiol groups is 1. The second kappa shape index (κ2) is 52.4. The van der Waals surface area contributed by atoms with Crippen molar-refractivity contribution in [3.63, 3.8) is 0 Å². The number of carbonyl (C=O) groups is 19. The molecule has 0 unspecified atom stereocenters. The summed E-state index contributed by atoms with van der Waals surface area (Å²) in [5, 5.41) is 62.3. The van der Waals surface area contributed by atoms with Gasteiger partial charge in [-0.25, -0.2) is 9.78 Å². The minimum absolute atomic E-state index is 0.000419. The van der Waals surface area contributed by atoms with Gasteiger partial charge in [0.05, 0.1) is 25.4 Å². The number of nitrogens with two attached hydrogens (primary N) is 8. The number of amides is 17. The Kier molecular flexibility index (Phi) is 46.0. The minimum Gasteiger partial charge on any atom is -0.481 e. The summed E-state index contributed by atoms with van der Waals surface area (Å²) < 4.78 is 0. The van der Waals surface area contributed by atoms with Crippen molar-refractivity contribution in [1.82, 2.24) is 84.4 Å². The molecule has 0 saturated carbocycles. The number of hydrogen-bond acceptors (Lipinski definition) is 25. The molecule has 17 amide bonds. The van der Waals surface area contributed by atoms with Crippen LogP contribution in [0.25, 0.3) is 0 Å². The maximum absolute atomic E-state index is 14.3. The molecule has 0 saturated heterocycles. The van der Waals surface area contributed by atoms with Gasteiger partial charge in [0.2, 0.25) is 100 Å². The molecule has 0 fully saturated rings. The molecule has 48 nitrogen and oxygen atoms in total. The number of H-pyrrole nitrogens is 1. The number of rotatable bonds is 56. The zero-order valence-corrected chi connectivity index (χ0v) is 66.6. The van der Waals surface area contributed by atoms with E-state index in [9.17, 15) is 106 Å². The van der Waals surface area contributed by atoms with Crippen molar-refractivity contribution in [3.8, 4) is 0 Å². The van der Waals surface area contributed by atoms with Gasteiger partial charge in [-0.05, 0) is 97.3 Å². The third-order valence-corrected chi connectivity index (χ3v) is 17.1. The van der Waals surface area contributed by atoms with E-state index < -0.39 is 253 Å². The van der Waals surface area contributed by atoms with Crippen molar-refractivity contribution >= 4 is 137 Å². The molecule has 1 rings (SSSR count). The van der Waals surface area contributed by atoms with E-state index in [0.29, 0.717) is 5.69 Å². The molecule has 116 heavy (non-hydrogen) atoms. The Morgan fingerprint density at radius 2 is 0.716 bits per heavy atom. The fraction of sp³-hybridized carbons (Fsp3) is 0.642. The van der Waals surface area contributed by atoms with E-state index >= 15 is 0 Å². The number of nitrogens with zero attached hydrogens (tertiary/aromatic N) is 3. The number of aromatic nitrogens is 2. The van der Waals surface area contributed by atoms with E-state index in [0.717, 1.165) is 6.92 Å². The molecular weight excluding hydrogens is 1550 g/mol. The molecule has 49 heteroatoms. The Hall–Kier alpha value is -12.0. The standard InChI is InChI=1S/C67H114N26O22S/c1-29(2)21-41(89-59(108)39(14-17-48(70)96)86-63(112)45(26-94)92-55(104)36(68)13-16-47(69)95)60(109)83-31(5)51(100)84-37(11-9-19-77-66(72)73)56(105)80-32(6)52(101)88-43(24-49(71)97)62(111)90-42(22-30(3)4)61(110)85-38(12-10-20-78-67(74)75)57(106)81-34(8)54(103)93-46(27-116)64(113)87-40(15-18-50(98)99)58(107)82-33(7)53(102)91-44(65(114)115)23-35-25-76-28-79-35/h25,28-34,36-46,94,116H,9-24,26-27,68H2,1-8H3,(H2,69,95)(H2,70,96)(H2,71,97)(H,76,79)(H,80,105)(H,81,106)(H,82,107)(H,83,109)(H,84,100)(H,85,110)(H,86,112)(H,87,113)(H,88,101)(H,89,108)(H,90,111)(H,91,102)(H,92,104)(H,93,103)(H,98,99)(H,114,115)(H4,72,73,77)(H4,74,75,78)/t31-,32-,33-,34-,36-,37-,38-,39-,40-,41-,42-,43-,44-,45-,46-/m0/s1. The van der Waals surface area contributed by atoms with E-state index in [4.69, 9.17) is 45.9 Å². The fourth-order valence-corrected chi connectivity index (χ4v) is 10.7. The second-order valence-corrected chi connectivity index (χ2v) is 28.3. The summed E-state index contributed by atoms with van der Waals surface area (Å²) in [5.41, 5.74) is 44.1. The van der Waals surface area contributed by atoms with E-state index in [1.54, 1.807) is 27.7 Å². The van der Waals surface area contributed by atoms with Crippen molar-refractivity contribution in [2.75, 3.05) is 25.4 Å². The molecule has 1 aromatic rings. The second-order valence-electron chi connectivity index (χ2n) is 27.9. The normalized spacial score (nSPS) is 14.9. The zero-order chi connectivity index (χ0) is 88.4. The Morgan fingerprint density at radius 3 is 1.08 bits per heavy atom. The van der Waals surface area contributed by atoms with Crippen LogP contribution in [0.1, 0.15) is 145 Å². The summed E-state index contributed by atoms with van der Waals surface area (Å²) in [7, 11) is 0. The number of aliphatic hydroxyl groups is 1. The van der Waals surface area contributed by atoms with E-state index in [1.807, 2.05) is 0 Å². The van der Waals surface area contributed by atoms with Gasteiger partial charge in [0.25, 0.3) is 0 Å². The number of nitrogens with one attached hydrogen (secondary N) is 15. The molecule has 1 aromatic heterocycles. The maximum atomic E-state index is 14.3. The Labute approximate surface area is 672 Å². The number of aromatic amines is 1. The highest BCUT2D eigenvalue weighted by Crippen LogP contribution is 2.13. The summed E-state index contributed by atoms with van der Waals surface area (Å²) in [5.74, 6) is -22.2. The van der Waals surface area contributed by atoms with Crippen molar-refractivity contribution in [3.05, 3.63) is 18.2 Å². The van der Waals surface area contributed by atoms with Gasteiger partial charge in [-0.2, -0.15) is 12.6 Å². The first-order valence-corrected chi connectivity index (χ1v) is 37.4. The number of aliphatic carboxylic acids is 2. The summed E-state index contributed by atoms with van der Waals surface area (Å²) in [6, 6.07) is -23.5. The first-order valence-electron chi connectivity index (χ1n) is 36.8. The Morgan fingerprint density at radius 1 is 0.397 bits per heavy atom. The summed E-state index contributed by atoms with van der Waals surface area (Å²) >= 11 is 4.15. The van der Waals surface area contributed by atoms with Crippen LogP contribution in [-0.4, -0.2) is 266 Å². The van der Waals surface area contributed by atoms with Crippen LogP contribution in [0.3, 0.4) is 0 Å². The molecule has 0 spiro atoms. The van der Waals surface area contributed by atoms with Gasteiger partial charge >= 0.3 is 11.9 Å². The number of aliphatic hydroxyl groups excluding tert-OH is 1. The topological polar surface area (TPSA) is 815 Å². The van der Waals surface area contributed by atoms with Crippen molar-refractivity contribution in [2.45, 2.75) is 236 Å². The average Bonchev–Trinajstić information content (AvgIpc) is 0.961. The van der Waals surface area contributed by atoms with Gasteiger partial charge in [-0.15, -0.1) is 0 Å². The predicted molar refractivity (Wildman–Crippen MR) is 415 cm³/mol. The van der Waals surface area contributed by atoms with Crippen LogP contribution >= 0.6 is 12.6 Å². The lowest BCUT2D eigenvalue weighted by Gasteiger charge is -2.28. The van der Waals surface area contributed by atoms with E-state index in [-0.39, 0.29) is 88.7 Å². The molecule has 0 aromatic carbocycles. The van der Waals surface area contributed by atoms with Gasteiger partial charge in [0.15, 0.2) is 11.9 Å². The number of primary amides is 3. The van der Waals surface area contributed by atoms with E-state index in [1.165, 1.54) is 33.3 Å². The molecule has 650 valence electrons. The van der Waals surface area contributed by atoms with Gasteiger partial charge in [-0.1, -0.05) is 27.7 Å². The largest absolute Gasteiger partial charge is 0.481 e. The number of guanidine groups is 2. The van der Waals surface area contributed by atoms with Crippen LogP contribution in [0, 0.1) is 11.8 Å². The molecule has 34 N–H and O–H groups in total. The number of carboxylic acid groups (broad SMARTS) is 2. The SMILES string of the molecule is CC(C)C[C@H](NC(=O)[C@H](CCC(N)=O)NC(=O)[C@H](CO)NC(=O)[C@@H](N)CCC(N)=O)C(=O)N[C@@H](C)C(=O)N[C@@H](CCCN=C(N)N)C(=O)N[C@@H](C)C(=O)N[C@@H](CC(N)=O)C(=O)N[C@@H](CC(C)C)C(=O)N[C@@H](CCCN=C(N)N)C(=O)N[C@@H](C)C(=O)N[C@@H](CS)C(=O)N[C@@H](CCC(=O)O)C(=O)N[C@@H](C)C(=O)N[C@@H](Cc1cnc[nH]1)C(=O)O. The Balaban J connectivity index is 3.45. The van der Waals surface area contributed by atoms with Crippen LogP contribution in [-0.2, 0) is 97.5 Å². The summed E-state index contributed by atoms with van der Waals surface area (Å²) in [6.45, 7) is 10.2. The average molecular weight is 1670 g/mol. The van der Waals surface area contributed by atoms with Gasteiger partial charge in [0.1, 0.15) is 84.6 Å². The molecule has 0 aliphatic rings. The van der Waals surface area contributed by atoms with Crippen LogP contribution in [0.15, 0.2) is 22.5 Å².